The van der Waals surface area contributed by atoms with Crippen LogP contribution in [0.25, 0.3) is 0 Å². The van der Waals surface area contributed by atoms with Crippen molar-refractivity contribution in [3.8, 4) is 0 Å². The van der Waals surface area contributed by atoms with Gasteiger partial charge in [-0.1, -0.05) is 15.9 Å². The summed E-state index contributed by atoms with van der Waals surface area (Å²) < 4.78 is 6.54. The van der Waals surface area contributed by atoms with Crippen molar-refractivity contribution in [2.45, 2.75) is 19.8 Å². The van der Waals surface area contributed by atoms with Crippen LogP contribution in [0.1, 0.15) is 19.8 Å². The van der Waals surface area contributed by atoms with Crippen molar-refractivity contribution >= 4 is 15.9 Å². The fourth-order valence-corrected chi connectivity index (χ4v) is 1.36. The summed E-state index contributed by atoms with van der Waals surface area (Å²) in [7, 11) is 0. The number of allylic oxidation sites excluding steroid dienone is 3. The van der Waals surface area contributed by atoms with E-state index in [0.29, 0.717) is 0 Å². The fraction of sp³-hybridized carbons (Fsp3) is 0.500. The van der Waals surface area contributed by atoms with Gasteiger partial charge in [0.2, 0.25) is 0 Å². The highest BCUT2D eigenvalue weighted by atomic mass is 79.9. The predicted octanol–water partition coefficient (Wildman–Crippen LogP) is 2.98. The van der Waals surface area contributed by atoms with Gasteiger partial charge < -0.3 is 4.74 Å². The van der Waals surface area contributed by atoms with Gasteiger partial charge in [-0.3, -0.25) is 0 Å². The molecule has 0 N–H and O–H groups in total. The SMILES string of the molecule is CCOC1=CCCC(Br)=C1. The predicted molar refractivity (Wildman–Crippen MR) is 46.0 cm³/mol. The molecule has 0 aromatic carbocycles. The number of halogens is 1. The average molecular weight is 203 g/mol. The Bertz CT molecular complexity index is 170. The molecule has 0 bridgehead atoms. The van der Waals surface area contributed by atoms with E-state index in [1.54, 1.807) is 0 Å². The van der Waals surface area contributed by atoms with Crippen LogP contribution in [0.15, 0.2) is 22.4 Å². The molecule has 0 radical (unpaired) electrons. The molecule has 0 saturated carbocycles. The zero-order valence-electron chi connectivity index (χ0n) is 6.06. The van der Waals surface area contributed by atoms with Crippen LogP contribution in [0.5, 0.6) is 0 Å². The summed E-state index contributed by atoms with van der Waals surface area (Å²) in [6, 6.07) is 0. The minimum atomic E-state index is 0.753. The number of ether oxygens (including phenoxy) is 1. The van der Waals surface area contributed by atoms with Gasteiger partial charge in [0.15, 0.2) is 0 Å². The lowest BCUT2D eigenvalue weighted by Gasteiger charge is -2.09. The second-order valence-corrected chi connectivity index (χ2v) is 3.19. The fourth-order valence-electron chi connectivity index (χ4n) is 0.905. The van der Waals surface area contributed by atoms with Gasteiger partial charge in [-0.2, -0.15) is 0 Å². The Hall–Kier alpha value is -0.240. The largest absolute Gasteiger partial charge is 0.494 e. The Morgan fingerprint density at radius 2 is 2.50 bits per heavy atom. The van der Waals surface area contributed by atoms with Gasteiger partial charge in [0.25, 0.3) is 0 Å². The van der Waals surface area contributed by atoms with E-state index in [4.69, 9.17) is 4.74 Å². The third-order valence-corrected chi connectivity index (χ3v) is 1.96. The monoisotopic (exact) mass is 202 g/mol. The molecule has 1 aliphatic carbocycles. The number of hydrogen-bond acceptors (Lipinski definition) is 1. The van der Waals surface area contributed by atoms with E-state index in [1.165, 1.54) is 4.48 Å². The first-order valence-corrected chi connectivity index (χ1v) is 4.31. The highest BCUT2D eigenvalue weighted by Crippen LogP contribution is 2.22. The molecule has 0 atom stereocenters. The molecule has 0 heterocycles. The minimum absolute atomic E-state index is 0.753. The van der Waals surface area contributed by atoms with E-state index in [2.05, 4.69) is 22.0 Å². The summed E-state index contributed by atoms with van der Waals surface area (Å²) in [6.07, 6.45) is 6.35. The maximum Gasteiger partial charge on any atom is 0.116 e. The van der Waals surface area contributed by atoms with Crippen molar-refractivity contribution in [3.63, 3.8) is 0 Å². The summed E-state index contributed by atoms with van der Waals surface area (Å²) in [5.74, 6) is 1.00. The van der Waals surface area contributed by atoms with Gasteiger partial charge in [0, 0.05) is 0 Å². The normalized spacial score (nSPS) is 17.8. The van der Waals surface area contributed by atoms with Crippen molar-refractivity contribution in [1.29, 1.82) is 0 Å². The molecule has 1 aliphatic rings. The van der Waals surface area contributed by atoms with Gasteiger partial charge in [-0.05, 0) is 36.4 Å². The highest BCUT2D eigenvalue weighted by Gasteiger charge is 2.01. The van der Waals surface area contributed by atoms with Crippen LogP contribution in [-0.2, 0) is 4.74 Å². The van der Waals surface area contributed by atoms with Crippen molar-refractivity contribution in [2.24, 2.45) is 0 Å². The van der Waals surface area contributed by atoms with Gasteiger partial charge in [-0.15, -0.1) is 0 Å². The van der Waals surface area contributed by atoms with Crippen molar-refractivity contribution in [1.82, 2.24) is 0 Å². The minimum Gasteiger partial charge on any atom is -0.494 e. The van der Waals surface area contributed by atoms with Crippen LogP contribution >= 0.6 is 15.9 Å². The maximum atomic E-state index is 5.31. The summed E-state index contributed by atoms with van der Waals surface area (Å²) in [5.41, 5.74) is 0. The lowest BCUT2D eigenvalue weighted by atomic mass is 10.2. The third-order valence-electron chi connectivity index (χ3n) is 1.34. The molecule has 56 valence electrons. The van der Waals surface area contributed by atoms with E-state index >= 15 is 0 Å². The molecule has 0 amide bonds. The molecule has 1 nitrogen and oxygen atoms in total. The Morgan fingerprint density at radius 1 is 1.70 bits per heavy atom. The smallest absolute Gasteiger partial charge is 0.116 e. The van der Waals surface area contributed by atoms with Gasteiger partial charge in [0.05, 0.1) is 6.61 Å². The van der Waals surface area contributed by atoms with E-state index in [9.17, 15) is 0 Å². The van der Waals surface area contributed by atoms with Gasteiger partial charge >= 0.3 is 0 Å². The lowest BCUT2D eigenvalue weighted by molar-refractivity contribution is 0.240. The van der Waals surface area contributed by atoms with E-state index in [1.807, 2.05) is 13.0 Å². The zero-order valence-corrected chi connectivity index (χ0v) is 7.65. The van der Waals surface area contributed by atoms with Crippen molar-refractivity contribution in [3.05, 3.63) is 22.4 Å². The van der Waals surface area contributed by atoms with Crippen LogP contribution < -0.4 is 0 Å². The summed E-state index contributed by atoms with van der Waals surface area (Å²) in [6.45, 7) is 2.75. The van der Waals surface area contributed by atoms with Crippen LogP contribution in [0, 0.1) is 0 Å². The van der Waals surface area contributed by atoms with Crippen molar-refractivity contribution in [2.75, 3.05) is 6.61 Å². The number of hydrogen-bond donors (Lipinski definition) is 0. The Kier molecular flexibility index (Phi) is 3.00. The summed E-state index contributed by atoms with van der Waals surface area (Å²) in [4.78, 5) is 0. The summed E-state index contributed by atoms with van der Waals surface area (Å²) in [5, 5.41) is 0. The first-order chi connectivity index (χ1) is 4.83. The molecule has 1 rings (SSSR count). The topological polar surface area (TPSA) is 9.23 Å². The molecule has 0 unspecified atom stereocenters. The molecule has 0 aromatic heterocycles. The van der Waals surface area contributed by atoms with E-state index < -0.39 is 0 Å². The average Bonchev–Trinajstić information content (AvgIpc) is 1.88. The Balaban J connectivity index is 2.51. The Morgan fingerprint density at radius 3 is 3.10 bits per heavy atom. The van der Waals surface area contributed by atoms with Crippen LogP contribution in [0.2, 0.25) is 0 Å². The van der Waals surface area contributed by atoms with E-state index in [0.717, 1.165) is 25.2 Å². The highest BCUT2D eigenvalue weighted by molar-refractivity contribution is 9.11. The first kappa shape index (κ1) is 7.86. The van der Waals surface area contributed by atoms with Gasteiger partial charge in [-0.25, -0.2) is 0 Å². The molecule has 0 spiro atoms. The molecule has 10 heavy (non-hydrogen) atoms. The third kappa shape index (κ3) is 2.18. The summed E-state index contributed by atoms with van der Waals surface area (Å²) >= 11 is 3.44. The first-order valence-electron chi connectivity index (χ1n) is 3.52. The van der Waals surface area contributed by atoms with Crippen LogP contribution in [-0.4, -0.2) is 6.61 Å². The molecule has 0 fully saturated rings. The second-order valence-electron chi connectivity index (χ2n) is 2.17. The maximum absolute atomic E-state index is 5.31. The Labute approximate surface area is 69.9 Å². The molecule has 0 aromatic rings. The molecule has 0 saturated heterocycles. The number of rotatable bonds is 2. The van der Waals surface area contributed by atoms with E-state index in [-0.39, 0.29) is 0 Å². The van der Waals surface area contributed by atoms with Crippen molar-refractivity contribution < 1.29 is 4.74 Å². The zero-order chi connectivity index (χ0) is 7.40. The second kappa shape index (κ2) is 3.81. The van der Waals surface area contributed by atoms with Crippen LogP contribution in [0.3, 0.4) is 0 Å². The molecule has 0 aliphatic heterocycles. The quantitative estimate of drug-likeness (QED) is 0.670. The lowest BCUT2D eigenvalue weighted by Crippen LogP contribution is -1.92. The standard InChI is InChI=1S/C8H11BrO/c1-2-10-8-5-3-4-7(9)6-8/h5-6H,2-4H2,1H3. The molecular weight excluding hydrogens is 192 g/mol. The van der Waals surface area contributed by atoms with Gasteiger partial charge in [0.1, 0.15) is 5.76 Å². The molecule has 2 heteroatoms. The molecular formula is C8H11BrO. The van der Waals surface area contributed by atoms with Crippen LogP contribution in [0.4, 0.5) is 0 Å².